The quantitative estimate of drug-likeness (QED) is 0.925. The van der Waals surface area contributed by atoms with E-state index in [2.05, 4.69) is 30.0 Å². The van der Waals surface area contributed by atoms with E-state index in [-0.39, 0.29) is 0 Å². The Morgan fingerprint density at radius 3 is 3.00 bits per heavy atom. The first kappa shape index (κ1) is 14.9. The summed E-state index contributed by atoms with van der Waals surface area (Å²) >= 11 is 0. The molecular formula is C18H28N2O. The van der Waals surface area contributed by atoms with Crippen molar-refractivity contribution in [3.63, 3.8) is 0 Å². The Balaban J connectivity index is 1.77. The third-order valence-electron chi connectivity index (χ3n) is 5.32. The van der Waals surface area contributed by atoms with Crippen LogP contribution in [0.15, 0.2) is 18.2 Å². The lowest BCUT2D eigenvalue weighted by Gasteiger charge is -2.46. The first-order valence-corrected chi connectivity index (χ1v) is 8.39. The molecule has 21 heavy (non-hydrogen) atoms. The molecule has 3 nitrogen and oxygen atoms in total. The van der Waals surface area contributed by atoms with Crippen molar-refractivity contribution in [3.05, 3.63) is 29.3 Å². The molecule has 1 saturated heterocycles. The SMILES string of the molecule is CCCCC1CN2CCc3cc(OC)ccc3C2CC1N. The van der Waals surface area contributed by atoms with Crippen LogP contribution in [-0.2, 0) is 6.42 Å². The number of unbranched alkanes of at least 4 members (excludes halogenated alkanes) is 1. The zero-order chi connectivity index (χ0) is 14.8. The summed E-state index contributed by atoms with van der Waals surface area (Å²) in [6.45, 7) is 4.61. The minimum atomic E-state index is 0.353. The number of fused-ring (bicyclic) bond motifs is 3. The van der Waals surface area contributed by atoms with E-state index in [9.17, 15) is 0 Å². The highest BCUT2D eigenvalue weighted by molar-refractivity contribution is 5.39. The van der Waals surface area contributed by atoms with Crippen LogP contribution in [0.3, 0.4) is 0 Å². The Labute approximate surface area is 128 Å². The molecular weight excluding hydrogens is 260 g/mol. The van der Waals surface area contributed by atoms with Crippen LogP contribution >= 0.6 is 0 Å². The number of rotatable bonds is 4. The normalized spacial score (nSPS) is 28.8. The molecule has 3 heteroatoms. The third kappa shape index (κ3) is 2.95. The van der Waals surface area contributed by atoms with Gasteiger partial charge in [0.05, 0.1) is 7.11 Å². The van der Waals surface area contributed by atoms with E-state index >= 15 is 0 Å². The van der Waals surface area contributed by atoms with Gasteiger partial charge in [0.25, 0.3) is 0 Å². The van der Waals surface area contributed by atoms with Crippen molar-refractivity contribution in [1.29, 1.82) is 0 Å². The van der Waals surface area contributed by atoms with Gasteiger partial charge < -0.3 is 10.5 Å². The number of benzene rings is 1. The largest absolute Gasteiger partial charge is 0.497 e. The van der Waals surface area contributed by atoms with E-state index in [1.807, 2.05) is 0 Å². The van der Waals surface area contributed by atoms with E-state index in [0.29, 0.717) is 18.0 Å². The number of ether oxygens (including phenoxy) is 1. The van der Waals surface area contributed by atoms with Gasteiger partial charge in [-0.05, 0) is 48.4 Å². The fourth-order valence-electron chi connectivity index (χ4n) is 4.02. The molecule has 0 aliphatic carbocycles. The maximum atomic E-state index is 6.49. The van der Waals surface area contributed by atoms with Crippen molar-refractivity contribution in [2.45, 2.75) is 51.1 Å². The molecule has 0 bridgehead atoms. The highest BCUT2D eigenvalue weighted by Gasteiger charge is 2.36. The van der Waals surface area contributed by atoms with Crippen molar-refractivity contribution < 1.29 is 4.74 Å². The van der Waals surface area contributed by atoms with Gasteiger partial charge in [-0.3, -0.25) is 4.90 Å². The standard InChI is InChI=1S/C18H28N2O/c1-3-4-5-14-12-20-9-8-13-10-15(21-2)6-7-16(13)18(20)11-17(14)19/h6-7,10,14,17-18H,3-5,8-9,11-12,19H2,1-2H3. The maximum absolute atomic E-state index is 6.49. The van der Waals surface area contributed by atoms with Crippen LogP contribution in [-0.4, -0.2) is 31.1 Å². The van der Waals surface area contributed by atoms with Gasteiger partial charge in [-0.25, -0.2) is 0 Å². The third-order valence-corrected chi connectivity index (χ3v) is 5.32. The predicted molar refractivity (Wildman–Crippen MR) is 86.6 cm³/mol. The summed E-state index contributed by atoms with van der Waals surface area (Å²) in [5.74, 6) is 1.66. The average molecular weight is 288 g/mol. The van der Waals surface area contributed by atoms with E-state index in [1.165, 1.54) is 43.5 Å². The van der Waals surface area contributed by atoms with E-state index in [1.54, 1.807) is 7.11 Å². The smallest absolute Gasteiger partial charge is 0.119 e. The van der Waals surface area contributed by atoms with Gasteiger partial charge in [0.2, 0.25) is 0 Å². The number of hydrogen-bond acceptors (Lipinski definition) is 3. The summed E-state index contributed by atoms with van der Waals surface area (Å²) in [7, 11) is 1.74. The first-order valence-electron chi connectivity index (χ1n) is 8.39. The molecule has 0 radical (unpaired) electrons. The Morgan fingerprint density at radius 2 is 2.24 bits per heavy atom. The summed E-state index contributed by atoms with van der Waals surface area (Å²) in [5, 5.41) is 0. The van der Waals surface area contributed by atoms with Crippen molar-refractivity contribution in [2.75, 3.05) is 20.2 Å². The van der Waals surface area contributed by atoms with Gasteiger partial charge in [-0.2, -0.15) is 0 Å². The first-order chi connectivity index (χ1) is 10.2. The van der Waals surface area contributed by atoms with Crippen LogP contribution < -0.4 is 10.5 Å². The molecule has 2 N–H and O–H groups in total. The average Bonchev–Trinajstić information content (AvgIpc) is 2.52. The molecule has 3 atom stereocenters. The number of hydrogen-bond donors (Lipinski definition) is 1. The zero-order valence-electron chi connectivity index (χ0n) is 13.3. The second-order valence-electron chi connectivity index (χ2n) is 6.63. The second-order valence-corrected chi connectivity index (χ2v) is 6.63. The highest BCUT2D eigenvalue weighted by Crippen LogP contribution is 2.39. The number of nitrogens with two attached hydrogens (primary N) is 1. The van der Waals surface area contributed by atoms with Crippen LogP contribution in [0.5, 0.6) is 5.75 Å². The summed E-state index contributed by atoms with van der Waals surface area (Å²) < 4.78 is 5.36. The molecule has 3 unspecified atom stereocenters. The molecule has 0 aromatic heterocycles. The van der Waals surface area contributed by atoms with Crippen molar-refractivity contribution in [2.24, 2.45) is 11.7 Å². The highest BCUT2D eigenvalue weighted by atomic mass is 16.5. The van der Waals surface area contributed by atoms with E-state index < -0.39 is 0 Å². The van der Waals surface area contributed by atoms with Crippen LogP contribution in [0, 0.1) is 5.92 Å². The molecule has 2 aliphatic rings. The molecule has 2 aliphatic heterocycles. The molecule has 2 heterocycles. The summed E-state index contributed by atoms with van der Waals surface area (Å²) in [4.78, 5) is 2.67. The Bertz CT molecular complexity index is 488. The van der Waals surface area contributed by atoms with Crippen LogP contribution in [0.2, 0.25) is 0 Å². The Hall–Kier alpha value is -1.06. The molecule has 3 rings (SSSR count). The molecule has 0 spiro atoms. The predicted octanol–water partition coefficient (Wildman–Crippen LogP) is 3.13. The topological polar surface area (TPSA) is 38.5 Å². The van der Waals surface area contributed by atoms with Crippen LogP contribution in [0.25, 0.3) is 0 Å². The number of piperidine rings is 1. The molecule has 0 saturated carbocycles. The lowest BCUT2D eigenvalue weighted by Crippen LogP contribution is -2.50. The summed E-state index contributed by atoms with van der Waals surface area (Å²) in [6, 6.07) is 7.43. The molecule has 1 fully saturated rings. The number of methoxy groups -OCH3 is 1. The monoisotopic (exact) mass is 288 g/mol. The van der Waals surface area contributed by atoms with Crippen LogP contribution in [0.4, 0.5) is 0 Å². The van der Waals surface area contributed by atoms with E-state index in [4.69, 9.17) is 10.5 Å². The van der Waals surface area contributed by atoms with Gasteiger partial charge >= 0.3 is 0 Å². The molecule has 1 aromatic rings. The molecule has 1 aromatic carbocycles. The van der Waals surface area contributed by atoms with Crippen molar-refractivity contribution >= 4 is 0 Å². The van der Waals surface area contributed by atoms with Gasteiger partial charge in [0, 0.05) is 25.2 Å². The maximum Gasteiger partial charge on any atom is 0.119 e. The van der Waals surface area contributed by atoms with Crippen molar-refractivity contribution in [3.8, 4) is 5.75 Å². The number of nitrogens with zero attached hydrogens (tertiary/aromatic N) is 1. The fraction of sp³-hybridized carbons (Fsp3) is 0.667. The molecule has 116 valence electrons. The molecule has 0 amide bonds. The lowest BCUT2D eigenvalue weighted by atomic mass is 9.79. The summed E-state index contributed by atoms with van der Waals surface area (Å²) in [5.41, 5.74) is 9.42. The minimum absolute atomic E-state index is 0.353. The lowest BCUT2D eigenvalue weighted by molar-refractivity contribution is 0.0785. The Morgan fingerprint density at radius 1 is 1.38 bits per heavy atom. The van der Waals surface area contributed by atoms with Gasteiger partial charge in [0.15, 0.2) is 0 Å². The minimum Gasteiger partial charge on any atom is -0.497 e. The Kier molecular flexibility index (Phi) is 4.51. The van der Waals surface area contributed by atoms with E-state index in [0.717, 1.165) is 18.6 Å². The second kappa shape index (κ2) is 6.37. The van der Waals surface area contributed by atoms with Crippen LogP contribution in [0.1, 0.15) is 49.8 Å². The van der Waals surface area contributed by atoms with Gasteiger partial charge in [-0.15, -0.1) is 0 Å². The van der Waals surface area contributed by atoms with Gasteiger partial charge in [0.1, 0.15) is 5.75 Å². The fourth-order valence-corrected chi connectivity index (χ4v) is 4.02. The van der Waals surface area contributed by atoms with Crippen molar-refractivity contribution in [1.82, 2.24) is 4.90 Å². The zero-order valence-corrected chi connectivity index (χ0v) is 13.3. The summed E-state index contributed by atoms with van der Waals surface area (Å²) in [6.07, 6.45) is 6.11. The van der Waals surface area contributed by atoms with Gasteiger partial charge in [-0.1, -0.05) is 25.8 Å².